The van der Waals surface area contributed by atoms with Crippen LogP contribution < -0.4 is 5.56 Å². The Morgan fingerprint density at radius 1 is 0.906 bits per heavy atom. The lowest BCUT2D eigenvalue weighted by molar-refractivity contribution is -0.133. The van der Waals surface area contributed by atoms with Crippen LogP contribution in [-0.2, 0) is 21.4 Å². The van der Waals surface area contributed by atoms with Gasteiger partial charge in [0.2, 0.25) is 15.9 Å². The maximum Gasteiger partial charge on any atom is 0.357 e. The number of aromatic carboxylic acids is 1. The van der Waals surface area contributed by atoms with E-state index < -0.39 is 34.0 Å². The summed E-state index contributed by atoms with van der Waals surface area (Å²) in [6.07, 6.45) is 0. The lowest BCUT2D eigenvalue weighted by atomic mass is 10.1. The van der Waals surface area contributed by atoms with Crippen molar-refractivity contribution in [1.29, 1.82) is 0 Å². The number of fused-ring (bicyclic) bond motifs is 1. The van der Waals surface area contributed by atoms with Crippen LogP contribution in [0.2, 0.25) is 0 Å². The van der Waals surface area contributed by atoms with E-state index in [-0.39, 0.29) is 47.5 Å². The van der Waals surface area contributed by atoms with Crippen molar-refractivity contribution in [2.24, 2.45) is 0 Å². The monoisotopic (exact) mass is 456 g/mol. The summed E-state index contributed by atoms with van der Waals surface area (Å²) in [6.45, 7) is 0.0974. The van der Waals surface area contributed by atoms with E-state index in [9.17, 15) is 27.9 Å². The molecule has 1 aliphatic heterocycles. The first kappa shape index (κ1) is 21.7. The van der Waals surface area contributed by atoms with Crippen LogP contribution in [0.3, 0.4) is 0 Å². The summed E-state index contributed by atoms with van der Waals surface area (Å²) in [5, 5.41) is 13.7. The minimum atomic E-state index is -3.65. The van der Waals surface area contributed by atoms with E-state index in [2.05, 4.69) is 5.10 Å². The smallest absolute Gasteiger partial charge is 0.357 e. The quantitative estimate of drug-likeness (QED) is 0.596. The molecule has 1 N–H and O–H groups in total. The van der Waals surface area contributed by atoms with Gasteiger partial charge in [0.1, 0.15) is 6.54 Å². The van der Waals surface area contributed by atoms with Gasteiger partial charge in [-0.3, -0.25) is 9.59 Å². The SMILES string of the molecule is O=C(O)c1nn(CC(=O)N2CCN(S(=O)(=O)c3ccccc3)CC2)c(=O)c2ccccc12. The molecule has 3 aromatic rings. The standard InChI is InChI=1S/C21H20N4O6S/c26-18(14-25-20(27)17-9-5-4-8-16(17)19(22-25)21(28)29)23-10-12-24(13-11-23)32(30,31)15-6-2-1-3-7-15/h1-9H,10-14H2,(H,28,29). The fraction of sp³-hybridized carbons (Fsp3) is 0.238. The third kappa shape index (κ3) is 3.99. The van der Waals surface area contributed by atoms with Crippen LogP contribution in [0.1, 0.15) is 10.5 Å². The largest absolute Gasteiger partial charge is 0.476 e. The molecule has 32 heavy (non-hydrogen) atoms. The molecule has 1 aliphatic rings. The Morgan fingerprint density at radius 3 is 2.12 bits per heavy atom. The van der Waals surface area contributed by atoms with E-state index in [0.717, 1.165) is 4.68 Å². The maximum absolute atomic E-state index is 12.8. The van der Waals surface area contributed by atoms with E-state index >= 15 is 0 Å². The summed E-state index contributed by atoms with van der Waals surface area (Å²) >= 11 is 0. The van der Waals surface area contributed by atoms with Gasteiger partial charge in [-0.1, -0.05) is 36.4 Å². The van der Waals surface area contributed by atoms with E-state index in [1.165, 1.54) is 33.5 Å². The number of rotatable bonds is 5. The number of nitrogens with zero attached hydrogens (tertiary/aromatic N) is 4. The van der Waals surface area contributed by atoms with Gasteiger partial charge in [-0.05, 0) is 18.2 Å². The lowest BCUT2D eigenvalue weighted by Gasteiger charge is -2.34. The molecule has 11 heteroatoms. The van der Waals surface area contributed by atoms with Crippen LogP contribution in [0, 0.1) is 0 Å². The number of hydrogen-bond acceptors (Lipinski definition) is 6. The van der Waals surface area contributed by atoms with Gasteiger partial charge < -0.3 is 10.0 Å². The average molecular weight is 456 g/mol. The zero-order chi connectivity index (χ0) is 22.9. The molecule has 0 atom stereocenters. The summed E-state index contributed by atoms with van der Waals surface area (Å²) in [7, 11) is -3.65. The molecule has 0 unspecified atom stereocenters. The molecule has 2 heterocycles. The summed E-state index contributed by atoms with van der Waals surface area (Å²) in [5.41, 5.74) is -0.879. The van der Waals surface area contributed by atoms with Crippen LogP contribution in [0.4, 0.5) is 0 Å². The van der Waals surface area contributed by atoms with Gasteiger partial charge in [-0.2, -0.15) is 9.40 Å². The molecule has 0 radical (unpaired) electrons. The van der Waals surface area contributed by atoms with Crippen molar-refractivity contribution in [1.82, 2.24) is 19.0 Å². The molecule has 1 amide bonds. The summed E-state index contributed by atoms with van der Waals surface area (Å²) < 4.78 is 27.6. The minimum Gasteiger partial charge on any atom is -0.476 e. The summed E-state index contributed by atoms with van der Waals surface area (Å²) in [4.78, 5) is 38.7. The Balaban J connectivity index is 1.50. The minimum absolute atomic E-state index is 0.114. The molecule has 2 aromatic carbocycles. The van der Waals surface area contributed by atoms with Gasteiger partial charge in [0, 0.05) is 31.6 Å². The number of amides is 1. The number of benzene rings is 2. The first-order valence-corrected chi connectivity index (χ1v) is 11.3. The van der Waals surface area contributed by atoms with Crippen molar-refractivity contribution in [2.75, 3.05) is 26.2 Å². The van der Waals surface area contributed by atoms with Gasteiger partial charge in [0.15, 0.2) is 5.69 Å². The molecule has 1 aromatic heterocycles. The second-order valence-electron chi connectivity index (χ2n) is 7.26. The number of aromatic nitrogens is 2. The molecule has 0 saturated carbocycles. The van der Waals surface area contributed by atoms with E-state index in [1.54, 1.807) is 30.3 Å². The Labute approximate surface area is 183 Å². The fourth-order valence-electron chi connectivity index (χ4n) is 3.65. The van der Waals surface area contributed by atoms with Crippen LogP contribution >= 0.6 is 0 Å². The Hall–Kier alpha value is -3.57. The van der Waals surface area contributed by atoms with Crippen LogP contribution in [-0.4, -0.2) is 70.6 Å². The maximum atomic E-state index is 12.8. The van der Waals surface area contributed by atoms with Crippen molar-refractivity contribution in [3.8, 4) is 0 Å². The molecule has 1 fully saturated rings. The van der Waals surface area contributed by atoms with Crippen LogP contribution in [0.25, 0.3) is 10.8 Å². The second-order valence-corrected chi connectivity index (χ2v) is 9.20. The van der Waals surface area contributed by atoms with E-state index in [1.807, 2.05) is 0 Å². The van der Waals surface area contributed by atoms with Crippen molar-refractivity contribution < 1.29 is 23.1 Å². The first-order chi connectivity index (χ1) is 15.3. The third-order valence-electron chi connectivity index (χ3n) is 5.33. The van der Waals surface area contributed by atoms with Crippen molar-refractivity contribution >= 4 is 32.7 Å². The number of sulfonamides is 1. The predicted molar refractivity (Wildman–Crippen MR) is 115 cm³/mol. The van der Waals surface area contributed by atoms with Crippen molar-refractivity contribution in [3.63, 3.8) is 0 Å². The predicted octanol–water partition coefficient (Wildman–Crippen LogP) is 0.628. The van der Waals surface area contributed by atoms with Gasteiger partial charge in [-0.25, -0.2) is 17.9 Å². The molecule has 0 bridgehead atoms. The van der Waals surface area contributed by atoms with Crippen LogP contribution in [0.5, 0.6) is 0 Å². The fourth-order valence-corrected chi connectivity index (χ4v) is 5.09. The van der Waals surface area contributed by atoms with E-state index in [4.69, 9.17) is 0 Å². The third-order valence-corrected chi connectivity index (χ3v) is 7.24. The normalized spacial score (nSPS) is 15.1. The number of piperazine rings is 1. The molecule has 166 valence electrons. The summed E-state index contributed by atoms with van der Waals surface area (Å²) in [5.74, 6) is -1.75. The lowest BCUT2D eigenvalue weighted by Crippen LogP contribution is -2.51. The molecule has 0 aliphatic carbocycles. The zero-order valence-corrected chi connectivity index (χ0v) is 17.7. The molecule has 1 saturated heterocycles. The summed E-state index contributed by atoms with van der Waals surface area (Å²) in [6, 6.07) is 14.2. The number of carbonyl (C=O) groups excluding carboxylic acids is 1. The second kappa shape index (κ2) is 8.52. The Bertz CT molecular complexity index is 1350. The number of carboxylic acid groups (broad SMARTS) is 1. The topological polar surface area (TPSA) is 130 Å². The van der Waals surface area contributed by atoms with E-state index in [0.29, 0.717) is 0 Å². The average Bonchev–Trinajstić information content (AvgIpc) is 2.81. The molecule has 4 rings (SSSR count). The van der Waals surface area contributed by atoms with Crippen molar-refractivity contribution in [2.45, 2.75) is 11.4 Å². The zero-order valence-electron chi connectivity index (χ0n) is 16.9. The Morgan fingerprint density at radius 2 is 1.50 bits per heavy atom. The number of carbonyl (C=O) groups is 2. The van der Waals surface area contributed by atoms with Crippen molar-refractivity contribution in [3.05, 3.63) is 70.6 Å². The van der Waals surface area contributed by atoms with Gasteiger partial charge in [0.25, 0.3) is 5.56 Å². The molecule has 0 spiro atoms. The van der Waals surface area contributed by atoms with Crippen LogP contribution in [0.15, 0.2) is 64.3 Å². The van der Waals surface area contributed by atoms with Gasteiger partial charge >= 0.3 is 5.97 Å². The molecular weight excluding hydrogens is 436 g/mol. The number of carboxylic acids is 1. The van der Waals surface area contributed by atoms with Gasteiger partial charge in [0.05, 0.1) is 10.3 Å². The molecule has 10 nitrogen and oxygen atoms in total. The Kier molecular flexibility index (Phi) is 5.76. The highest BCUT2D eigenvalue weighted by atomic mass is 32.2. The highest BCUT2D eigenvalue weighted by Gasteiger charge is 2.30. The molecular formula is C21H20N4O6S. The number of hydrogen-bond donors (Lipinski definition) is 1. The highest BCUT2D eigenvalue weighted by Crippen LogP contribution is 2.18. The van der Waals surface area contributed by atoms with Gasteiger partial charge in [-0.15, -0.1) is 0 Å². The first-order valence-electron chi connectivity index (χ1n) is 9.85. The highest BCUT2D eigenvalue weighted by molar-refractivity contribution is 7.89.